The maximum absolute atomic E-state index is 12.2. The monoisotopic (exact) mass is 295 g/mol. The van der Waals surface area contributed by atoms with Gasteiger partial charge in [0.1, 0.15) is 5.75 Å². The zero-order valence-electron chi connectivity index (χ0n) is 11.8. The first kappa shape index (κ1) is 13.9. The molecule has 110 valence electrons. The molecule has 5 nitrogen and oxygen atoms in total. The summed E-state index contributed by atoms with van der Waals surface area (Å²) in [6, 6.07) is 13.2. The fourth-order valence-corrected chi connectivity index (χ4v) is 2.31. The Kier molecular flexibility index (Phi) is 3.39. The Morgan fingerprint density at radius 1 is 1.09 bits per heavy atom. The largest absolute Gasteiger partial charge is 0.497 e. The molecule has 5 heteroatoms. The van der Waals surface area contributed by atoms with Crippen LogP contribution in [-0.4, -0.2) is 23.2 Å². The highest BCUT2D eigenvalue weighted by Crippen LogP contribution is 2.21. The Morgan fingerprint density at radius 2 is 1.82 bits per heavy atom. The molecule has 3 rings (SSSR count). The molecule has 0 spiro atoms. The van der Waals surface area contributed by atoms with Crippen molar-refractivity contribution >= 4 is 16.9 Å². The lowest BCUT2D eigenvalue weighted by Crippen LogP contribution is -2.05. The van der Waals surface area contributed by atoms with Crippen molar-refractivity contribution in [2.24, 2.45) is 0 Å². The number of aromatic amines is 1. The molecular formula is C17H13NO4. The van der Waals surface area contributed by atoms with Gasteiger partial charge in [0, 0.05) is 22.7 Å². The van der Waals surface area contributed by atoms with Crippen LogP contribution in [0.2, 0.25) is 0 Å². The summed E-state index contributed by atoms with van der Waals surface area (Å²) in [5.41, 5.74) is 1.99. The summed E-state index contributed by atoms with van der Waals surface area (Å²) in [5.74, 6) is -0.321. The van der Waals surface area contributed by atoms with E-state index in [1.165, 1.54) is 18.2 Å². The van der Waals surface area contributed by atoms with Crippen LogP contribution in [0.3, 0.4) is 0 Å². The van der Waals surface area contributed by atoms with E-state index in [2.05, 4.69) is 4.98 Å². The molecule has 0 saturated carbocycles. The van der Waals surface area contributed by atoms with Gasteiger partial charge in [-0.05, 0) is 48.0 Å². The highest BCUT2D eigenvalue weighted by Gasteiger charge is 2.08. The molecule has 0 saturated heterocycles. The number of rotatable bonds is 3. The number of H-pyrrole nitrogens is 1. The molecule has 0 bridgehead atoms. The molecule has 0 aliphatic carbocycles. The predicted octanol–water partition coefficient (Wildman–Crippen LogP) is 2.90. The third-order valence-electron chi connectivity index (χ3n) is 3.48. The maximum atomic E-state index is 12.2. The number of hydrogen-bond donors (Lipinski definition) is 2. The molecule has 2 aromatic carbocycles. The minimum atomic E-state index is -1.06. The second-order valence-electron chi connectivity index (χ2n) is 4.84. The summed E-state index contributed by atoms with van der Waals surface area (Å²) >= 11 is 0. The first-order chi connectivity index (χ1) is 10.6. The van der Waals surface area contributed by atoms with E-state index >= 15 is 0 Å². The molecule has 0 aliphatic heterocycles. The Morgan fingerprint density at radius 3 is 2.45 bits per heavy atom. The number of benzene rings is 2. The van der Waals surface area contributed by atoms with Crippen LogP contribution in [0.1, 0.15) is 10.4 Å². The number of aromatic nitrogens is 1. The SMILES string of the molecule is COc1ccc(-c2cc(=O)c3cc(C(=O)O)ccc3[nH]2)cc1. The van der Waals surface area contributed by atoms with E-state index in [4.69, 9.17) is 9.84 Å². The fourth-order valence-electron chi connectivity index (χ4n) is 2.31. The van der Waals surface area contributed by atoms with Crippen molar-refractivity contribution in [3.8, 4) is 17.0 Å². The molecule has 0 fully saturated rings. The normalized spacial score (nSPS) is 10.6. The molecule has 1 heterocycles. The van der Waals surface area contributed by atoms with Crippen molar-refractivity contribution < 1.29 is 14.6 Å². The topological polar surface area (TPSA) is 79.4 Å². The molecule has 0 aliphatic rings. The summed E-state index contributed by atoms with van der Waals surface area (Å²) in [7, 11) is 1.59. The van der Waals surface area contributed by atoms with Gasteiger partial charge in [-0.25, -0.2) is 4.79 Å². The van der Waals surface area contributed by atoms with Crippen LogP contribution in [0.5, 0.6) is 5.75 Å². The summed E-state index contributed by atoms with van der Waals surface area (Å²) < 4.78 is 5.11. The number of aromatic carboxylic acids is 1. The molecule has 0 unspecified atom stereocenters. The predicted molar refractivity (Wildman–Crippen MR) is 83.5 cm³/mol. The van der Waals surface area contributed by atoms with Crippen molar-refractivity contribution in [3.63, 3.8) is 0 Å². The highest BCUT2D eigenvalue weighted by molar-refractivity contribution is 5.93. The van der Waals surface area contributed by atoms with Gasteiger partial charge >= 0.3 is 5.97 Å². The molecule has 2 N–H and O–H groups in total. The van der Waals surface area contributed by atoms with Gasteiger partial charge in [0.05, 0.1) is 12.7 Å². The fraction of sp³-hybridized carbons (Fsp3) is 0.0588. The van der Waals surface area contributed by atoms with E-state index in [0.717, 1.165) is 11.3 Å². The zero-order valence-corrected chi connectivity index (χ0v) is 11.8. The number of pyridine rings is 1. The Balaban J connectivity index is 2.14. The van der Waals surface area contributed by atoms with E-state index in [1.54, 1.807) is 13.2 Å². The van der Waals surface area contributed by atoms with Crippen molar-refractivity contribution in [2.75, 3.05) is 7.11 Å². The minimum Gasteiger partial charge on any atom is -0.497 e. The van der Waals surface area contributed by atoms with Crippen LogP contribution >= 0.6 is 0 Å². The van der Waals surface area contributed by atoms with Crippen molar-refractivity contribution in [1.29, 1.82) is 0 Å². The summed E-state index contributed by atoms with van der Waals surface area (Å²) in [5, 5.41) is 9.35. The van der Waals surface area contributed by atoms with Crippen molar-refractivity contribution in [2.45, 2.75) is 0 Å². The summed E-state index contributed by atoms with van der Waals surface area (Å²) in [4.78, 5) is 26.4. The second-order valence-corrected chi connectivity index (χ2v) is 4.84. The van der Waals surface area contributed by atoms with Crippen molar-refractivity contribution in [1.82, 2.24) is 4.98 Å². The van der Waals surface area contributed by atoms with Crippen LogP contribution in [0.25, 0.3) is 22.2 Å². The first-order valence-corrected chi connectivity index (χ1v) is 6.63. The molecule has 3 aromatic rings. The standard InChI is InChI=1S/C17H13NO4/c1-22-12-5-2-10(3-6-12)15-9-16(19)13-8-11(17(20)21)4-7-14(13)18-15/h2-9H,1H3,(H,18,19)(H,20,21). The molecule has 1 aromatic heterocycles. The molecule has 0 radical (unpaired) electrons. The number of carboxylic acids is 1. The van der Waals surface area contributed by atoms with E-state index in [-0.39, 0.29) is 11.0 Å². The number of methoxy groups -OCH3 is 1. The van der Waals surface area contributed by atoms with Crippen LogP contribution in [0.4, 0.5) is 0 Å². The van der Waals surface area contributed by atoms with Crippen LogP contribution in [0, 0.1) is 0 Å². The number of carboxylic acid groups (broad SMARTS) is 1. The summed E-state index contributed by atoms with van der Waals surface area (Å²) in [6.45, 7) is 0. The number of fused-ring (bicyclic) bond motifs is 1. The lowest BCUT2D eigenvalue weighted by Gasteiger charge is -2.06. The minimum absolute atomic E-state index is 0.0928. The maximum Gasteiger partial charge on any atom is 0.335 e. The Hall–Kier alpha value is -3.08. The van der Waals surface area contributed by atoms with Crippen LogP contribution < -0.4 is 10.2 Å². The van der Waals surface area contributed by atoms with E-state index in [0.29, 0.717) is 16.6 Å². The second kappa shape index (κ2) is 5.37. The Labute approximate surface area is 125 Å². The highest BCUT2D eigenvalue weighted by atomic mass is 16.5. The lowest BCUT2D eigenvalue weighted by atomic mass is 10.1. The quantitative estimate of drug-likeness (QED) is 0.778. The lowest BCUT2D eigenvalue weighted by molar-refractivity contribution is 0.0697. The van der Waals surface area contributed by atoms with E-state index in [1.807, 2.05) is 24.3 Å². The van der Waals surface area contributed by atoms with Gasteiger partial charge in [-0.3, -0.25) is 4.79 Å². The average molecular weight is 295 g/mol. The summed E-state index contributed by atoms with van der Waals surface area (Å²) in [6.07, 6.45) is 0. The first-order valence-electron chi connectivity index (χ1n) is 6.63. The number of carbonyl (C=O) groups is 1. The third kappa shape index (κ3) is 2.44. The van der Waals surface area contributed by atoms with Crippen LogP contribution in [0.15, 0.2) is 53.3 Å². The number of hydrogen-bond acceptors (Lipinski definition) is 3. The molecular weight excluding hydrogens is 282 g/mol. The Bertz CT molecular complexity index is 910. The van der Waals surface area contributed by atoms with Gasteiger partial charge in [0.15, 0.2) is 5.43 Å². The van der Waals surface area contributed by atoms with Crippen molar-refractivity contribution in [3.05, 3.63) is 64.3 Å². The third-order valence-corrected chi connectivity index (χ3v) is 3.48. The molecule has 0 atom stereocenters. The van der Waals surface area contributed by atoms with Gasteiger partial charge in [0.2, 0.25) is 0 Å². The van der Waals surface area contributed by atoms with Gasteiger partial charge in [-0.1, -0.05) is 0 Å². The van der Waals surface area contributed by atoms with E-state index in [9.17, 15) is 9.59 Å². The smallest absolute Gasteiger partial charge is 0.335 e. The number of ether oxygens (including phenoxy) is 1. The van der Waals surface area contributed by atoms with Gasteiger partial charge in [-0.15, -0.1) is 0 Å². The average Bonchev–Trinajstić information content (AvgIpc) is 2.54. The van der Waals surface area contributed by atoms with Gasteiger partial charge in [0.25, 0.3) is 0 Å². The van der Waals surface area contributed by atoms with Crippen LogP contribution in [-0.2, 0) is 0 Å². The zero-order chi connectivity index (χ0) is 15.7. The van der Waals surface area contributed by atoms with E-state index < -0.39 is 5.97 Å². The molecule has 22 heavy (non-hydrogen) atoms. The van der Waals surface area contributed by atoms with Gasteiger partial charge in [-0.2, -0.15) is 0 Å². The number of nitrogens with one attached hydrogen (secondary N) is 1. The molecule has 0 amide bonds. The van der Waals surface area contributed by atoms with Gasteiger partial charge < -0.3 is 14.8 Å².